The summed E-state index contributed by atoms with van der Waals surface area (Å²) in [5, 5.41) is 0. The molecule has 1 radical (unpaired) electrons. The zero-order chi connectivity index (χ0) is 22.8. The molecule has 2 rings (SSSR count). The van der Waals surface area contributed by atoms with Crippen molar-refractivity contribution in [1.82, 2.24) is 0 Å². The van der Waals surface area contributed by atoms with Crippen LogP contribution >= 0.6 is 0 Å². The van der Waals surface area contributed by atoms with Crippen LogP contribution in [0, 0.1) is 0 Å². The Morgan fingerprint density at radius 3 is 1.06 bits per heavy atom. The minimum atomic E-state index is 0. The van der Waals surface area contributed by atoms with Crippen molar-refractivity contribution in [3.8, 4) is 0 Å². The van der Waals surface area contributed by atoms with Crippen LogP contribution < -0.4 is 24.8 Å². The topological polar surface area (TPSA) is 0 Å². The molecular formula is C28H49Cl2HfSi. The average molecular weight is 663 g/mol. The summed E-state index contributed by atoms with van der Waals surface area (Å²) in [5.41, 5.74) is 6.41. The first-order chi connectivity index (χ1) is 13.2. The van der Waals surface area contributed by atoms with Crippen molar-refractivity contribution in [3.63, 3.8) is 0 Å². The van der Waals surface area contributed by atoms with Gasteiger partial charge in [-0.3, -0.25) is 0 Å². The van der Waals surface area contributed by atoms with E-state index in [2.05, 4.69) is 119 Å². The molecule has 2 aromatic carbocycles. The van der Waals surface area contributed by atoms with Crippen molar-refractivity contribution in [1.29, 1.82) is 0 Å². The van der Waals surface area contributed by atoms with E-state index >= 15 is 0 Å². The van der Waals surface area contributed by atoms with E-state index in [-0.39, 0.29) is 50.7 Å². The summed E-state index contributed by atoms with van der Waals surface area (Å²) < 4.78 is 0. The Hall–Kier alpha value is 0.367. The van der Waals surface area contributed by atoms with Gasteiger partial charge in [0.05, 0.1) is 0 Å². The Labute approximate surface area is 235 Å². The fraction of sp³-hybridized carbons (Fsp3) is 0.643. The largest absolute Gasteiger partial charge is 4.00 e. The van der Waals surface area contributed by atoms with E-state index in [0.29, 0.717) is 22.7 Å². The molecule has 0 bridgehead atoms. The molecule has 2 aromatic rings. The van der Waals surface area contributed by atoms with Gasteiger partial charge in [0.15, 0.2) is 0 Å². The van der Waals surface area contributed by atoms with Crippen LogP contribution in [-0.2, 0) is 36.7 Å². The van der Waals surface area contributed by atoms with Gasteiger partial charge in [-0.15, -0.1) is 0 Å². The third kappa shape index (κ3) is 16.1. The third-order valence-electron chi connectivity index (χ3n) is 5.20. The number of hydrogen-bond acceptors (Lipinski definition) is 0. The SMILES string of the molecule is CC(C)c1cc(C(C)(C)C)c[cH-]1.CC(C)c1cc(C(C)(C)C)c[cH-]1.CC[SiH]CC.[Cl-].[Cl-].[Hf+4]. The van der Waals surface area contributed by atoms with Crippen molar-refractivity contribution in [3.05, 3.63) is 58.7 Å². The van der Waals surface area contributed by atoms with Crippen LogP contribution in [0.1, 0.15) is 117 Å². The smallest absolute Gasteiger partial charge is 1.00 e. The molecule has 0 saturated heterocycles. The maximum Gasteiger partial charge on any atom is 4.00 e. The van der Waals surface area contributed by atoms with E-state index in [1.807, 2.05) is 0 Å². The molecule has 0 fully saturated rings. The van der Waals surface area contributed by atoms with Crippen molar-refractivity contribution in [2.24, 2.45) is 0 Å². The maximum absolute atomic E-state index is 2.32. The summed E-state index contributed by atoms with van der Waals surface area (Å²) in [6, 6.07) is 16.5. The second kappa shape index (κ2) is 18.7. The molecule has 0 aromatic heterocycles. The summed E-state index contributed by atoms with van der Waals surface area (Å²) in [5.74, 6) is 1.31. The van der Waals surface area contributed by atoms with Crippen molar-refractivity contribution >= 4 is 9.52 Å². The Bertz CT molecular complexity index is 612. The predicted molar refractivity (Wildman–Crippen MR) is 138 cm³/mol. The fourth-order valence-electron chi connectivity index (χ4n) is 2.86. The van der Waals surface area contributed by atoms with Gasteiger partial charge in [-0.25, -0.2) is 12.1 Å². The molecule has 0 N–H and O–H groups in total. The Kier molecular flexibility index (Phi) is 23.1. The second-order valence-electron chi connectivity index (χ2n) is 10.8. The van der Waals surface area contributed by atoms with E-state index in [0.717, 1.165) is 9.52 Å². The van der Waals surface area contributed by atoms with E-state index in [9.17, 15) is 0 Å². The molecule has 0 aliphatic carbocycles. The molecule has 0 nitrogen and oxygen atoms in total. The first kappa shape index (κ1) is 39.6. The van der Waals surface area contributed by atoms with Gasteiger partial charge in [-0.05, 0) is 11.8 Å². The summed E-state index contributed by atoms with van der Waals surface area (Å²) in [4.78, 5) is 0. The molecular weight excluding hydrogens is 614 g/mol. The normalized spacial score (nSPS) is 10.7. The molecule has 0 spiro atoms. The third-order valence-corrected chi connectivity index (χ3v) is 6.35. The van der Waals surface area contributed by atoms with Crippen LogP contribution in [-0.4, -0.2) is 9.52 Å². The van der Waals surface area contributed by atoms with Gasteiger partial charge in [0.2, 0.25) is 0 Å². The van der Waals surface area contributed by atoms with Crippen molar-refractivity contribution in [2.75, 3.05) is 0 Å². The van der Waals surface area contributed by atoms with Crippen LogP contribution in [0.4, 0.5) is 0 Å². The molecule has 0 unspecified atom stereocenters. The number of rotatable bonds is 4. The van der Waals surface area contributed by atoms with E-state index in [1.165, 1.54) is 34.3 Å². The number of hydrogen-bond donors (Lipinski definition) is 0. The molecule has 32 heavy (non-hydrogen) atoms. The maximum atomic E-state index is 2.32. The van der Waals surface area contributed by atoms with Crippen LogP contribution in [0.5, 0.6) is 0 Å². The predicted octanol–water partition coefficient (Wildman–Crippen LogP) is 2.96. The molecule has 0 aliphatic heterocycles. The van der Waals surface area contributed by atoms with Gasteiger partial charge >= 0.3 is 25.8 Å². The minimum absolute atomic E-state index is 0. The second-order valence-corrected chi connectivity index (χ2v) is 13.0. The molecule has 183 valence electrons. The van der Waals surface area contributed by atoms with Gasteiger partial charge in [0.1, 0.15) is 0 Å². The van der Waals surface area contributed by atoms with Crippen molar-refractivity contribution < 1.29 is 50.7 Å². The van der Waals surface area contributed by atoms with Gasteiger partial charge in [0, 0.05) is 9.52 Å². The Morgan fingerprint density at radius 2 is 0.969 bits per heavy atom. The summed E-state index contributed by atoms with van der Waals surface area (Å²) >= 11 is 0. The Balaban J connectivity index is -0.000000189. The van der Waals surface area contributed by atoms with Gasteiger partial charge in [0.25, 0.3) is 0 Å². The van der Waals surface area contributed by atoms with Crippen LogP contribution in [0.2, 0.25) is 12.1 Å². The zero-order valence-electron chi connectivity index (χ0n) is 22.9. The molecule has 0 aliphatic rings. The standard InChI is InChI=1S/2C12H19.C4H11Si.2ClH.Hf/c2*1-9(2)10-6-7-11(8-10)12(3,4)5;1-3-5-4-2;;;/h2*6-9H,1-5H3;5H,3-4H2,1-2H3;2*1H;/q2*-1;;;;+4/p-2. The van der Waals surface area contributed by atoms with Crippen LogP contribution in [0.3, 0.4) is 0 Å². The quantitative estimate of drug-likeness (QED) is 0.349. The molecule has 0 atom stereocenters. The summed E-state index contributed by atoms with van der Waals surface area (Å²) in [7, 11) is 0.815. The first-order valence-electron chi connectivity index (χ1n) is 11.6. The van der Waals surface area contributed by atoms with Crippen LogP contribution in [0.15, 0.2) is 36.4 Å². The molecule has 0 heterocycles. The van der Waals surface area contributed by atoms with Gasteiger partial charge in [-0.1, -0.05) is 106 Å². The fourth-order valence-corrected chi connectivity index (χ4v) is 3.44. The molecule has 4 heteroatoms. The van der Waals surface area contributed by atoms with Gasteiger partial charge < -0.3 is 24.8 Å². The Morgan fingerprint density at radius 1 is 0.688 bits per heavy atom. The molecule has 0 amide bonds. The van der Waals surface area contributed by atoms with Crippen LogP contribution in [0.25, 0.3) is 0 Å². The van der Waals surface area contributed by atoms with E-state index < -0.39 is 0 Å². The van der Waals surface area contributed by atoms with E-state index in [4.69, 9.17) is 0 Å². The average Bonchev–Trinajstić information content (AvgIpc) is 3.26. The minimum Gasteiger partial charge on any atom is -1.00 e. The molecule has 0 saturated carbocycles. The van der Waals surface area contributed by atoms with Crippen molar-refractivity contribution in [2.45, 2.75) is 118 Å². The summed E-state index contributed by atoms with van der Waals surface area (Å²) in [6.45, 7) is 27.0. The monoisotopic (exact) mass is 663 g/mol. The zero-order valence-corrected chi connectivity index (χ0v) is 29.1. The van der Waals surface area contributed by atoms with Gasteiger partial charge in [-0.2, -0.15) is 46.5 Å². The number of halogens is 2. The summed E-state index contributed by atoms with van der Waals surface area (Å²) in [6.07, 6.45) is 0. The first-order valence-corrected chi connectivity index (χ1v) is 13.2. The van der Waals surface area contributed by atoms with E-state index in [1.54, 1.807) is 0 Å².